The second-order valence-electron chi connectivity index (χ2n) is 2.95. The van der Waals surface area contributed by atoms with Crippen LogP contribution in [-0.2, 0) is 4.79 Å². The van der Waals surface area contributed by atoms with Gasteiger partial charge in [-0.15, -0.1) is 0 Å². The van der Waals surface area contributed by atoms with Crippen molar-refractivity contribution < 1.29 is 14.6 Å². The first-order valence-corrected chi connectivity index (χ1v) is 4.19. The SMILES string of the molecule is NC1CCC(C(=O)O)CC1.OCl. The molecule has 1 saturated carbocycles. The van der Waals surface area contributed by atoms with Gasteiger partial charge in [0.2, 0.25) is 0 Å². The molecule has 0 aromatic rings. The van der Waals surface area contributed by atoms with E-state index in [-0.39, 0.29) is 12.0 Å². The van der Waals surface area contributed by atoms with Gasteiger partial charge in [-0.3, -0.25) is 9.45 Å². The maximum Gasteiger partial charge on any atom is 0.306 e. The van der Waals surface area contributed by atoms with E-state index in [0.29, 0.717) is 0 Å². The monoisotopic (exact) mass is 195 g/mol. The maximum atomic E-state index is 10.4. The molecule has 12 heavy (non-hydrogen) atoms. The average molecular weight is 196 g/mol. The van der Waals surface area contributed by atoms with Gasteiger partial charge in [-0.1, -0.05) is 0 Å². The van der Waals surface area contributed by atoms with Crippen LogP contribution in [0.5, 0.6) is 0 Å². The van der Waals surface area contributed by atoms with Crippen molar-refractivity contribution in [1.29, 1.82) is 0 Å². The van der Waals surface area contributed by atoms with Gasteiger partial charge >= 0.3 is 5.97 Å². The Morgan fingerprint density at radius 3 is 2.00 bits per heavy atom. The van der Waals surface area contributed by atoms with Crippen LogP contribution in [-0.4, -0.2) is 21.8 Å². The summed E-state index contributed by atoms with van der Waals surface area (Å²) < 4.78 is 6.47. The van der Waals surface area contributed by atoms with Crippen LogP contribution in [0.15, 0.2) is 0 Å². The van der Waals surface area contributed by atoms with Crippen LogP contribution in [0.3, 0.4) is 0 Å². The molecule has 0 saturated heterocycles. The van der Waals surface area contributed by atoms with Crippen LogP contribution in [0, 0.1) is 5.92 Å². The van der Waals surface area contributed by atoms with Crippen LogP contribution in [0.4, 0.5) is 0 Å². The Labute approximate surface area is 76.5 Å². The van der Waals surface area contributed by atoms with Gasteiger partial charge in [0.15, 0.2) is 0 Å². The van der Waals surface area contributed by atoms with Crippen molar-refractivity contribution in [3.63, 3.8) is 0 Å². The molecule has 0 heterocycles. The predicted octanol–water partition coefficient (Wildman–Crippen LogP) is 0.721. The summed E-state index contributed by atoms with van der Waals surface area (Å²) in [6, 6.07) is 0.246. The molecule has 72 valence electrons. The third kappa shape index (κ3) is 3.90. The Bertz CT molecular complexity index is 135. The minimum atomic E-state index is -0.660. The van der Waals surface area contributed by atoms with Gasteiger partial charge in [-0.2, -0.15) is 0 Å². The molecule has 0 unspecified atom stereocenters. The van der Waals surface area contributed by atoms with E-state index in [1.165, 1.54) is 0 Å². The molecule has 0 spiro atoms. The second kappa shape index (κ2) is 6.22. The summed E-state index contributed by atoms with van der Waals surface area (Å²) in [6.07, 6.45) is 3.26. The number of carboxylic acid groups (broad SMARTS) is 1. The van der Waals surface area contributed by atoms with Crippen molar-refractivity contribution in [3.8, 4) is 0 Å². The van der Waals surface area contributed by atoms with E-state index in [1.807, 2.05) is 0 Å². The Morgan fingerprint density at radius 2 is 1.67 bits per heavy atom. The van der Waals surface area contributed by atoms with Crippen LogP contribution in [0.2, 0.25) is 0 Å². The fourth-order valence-corrected chi connectivity index (χ4v) is 1.37. The summed E-state index contributed by atoms with van der Waals surface area (Å²) in [4.78, 5) is 10.4. The third-order valence-electron chi connectivity index (χ3n) is 2.12. The average Bonchev–Trinajstić information content (AvgIpc) is 2.09. The fourth-order valence-electron chi connectivity index (χ4n) is 1.37. The number of hydrogen-bond acceptors (Lipinski definition) is 3. The van der Waals surface area contributed by atoms with Gasteiger partial charge < -0.3 is 10.8 Å². The minimum Gasteiger partial charge on any atom is -0.481 e. The molecule has 0 aromatic heterocycles. The molecule has 0 bridgehead atoms. The Kier molecular flexibility index (Phi) is 6.06. The smallest absolute Gasteiger partial charge is 0.306 e. The van der Waals surface area contributed by atoms with E-state index in [0.717, 1.165) is 25.7 Å². The largest absolute Gasteiger partial charge is 0.481 e. The fraction of sp³-hybridized carbons (Fsp3) is 0.857. The molecular weight excluding hydrogens is 182 g/mol. The summed E-state index contributed by atoms with van der Waals surface area (Å²) in [5.74, 6) is -0.785. The first-order chi connectivity index (χ1) is 5.70. The maximum absolute atomic E-state index is 10.4. The third-order valence-corrected chi connectivity index (χ3v) is 2.12. The summed E-state index contributed by atoms with van der Waals surface area (Å²) in [6.45, 7) is 0. The first kappa shape index (κ1) is 11.7. The molecule has 4 nitrogen and oxygen atoms in total. The second-order valence-corrected chi connectivity index (χ2v) is 2.95. The Balaban J connectivity index is 0.000000561. The molecular formula is C7H14ClNO3. The number of rotatable bonds is 1. The first-order valence-electron chi connectivity index (χ1n) is 3.85. The van der Waals surface area contributed by atoms with Crippen molar-refractivity contribution in [2.75, 3.05) is 0 Å². The van der Waals surface area contributed by atoms with Crippen LogP contribution in [0.25, 0.3) is 0 Å². The van der Waals surface area contributed by atoms with E-state index in [9.17, 15) is 4.79 Å². The molecule has 0 radical (unpaired) electrons. The summed E-state index contributed by atoms with van der Waals surface area (Å²) in [5, 5.41) is 8.58. The van der Waals surface area contributed by atoms with E-state index < -0.39 is 5.97 Å². The van der Waals surface area contributed by atoms with Gasteiger partial charge in [0.05, 0.1) is 17.8 Å². The number of hydrogen-bond donors (Lipinski definition) is 3. The molecule has 0 amide bonds. The molecule has 4 N–H and O–H groups in total. The molecule has 0 atom stereocenters. The number of halogens is 1. The van der Waals surface area contributed by atoms with Gasteiger partial charge in [0, 0.05) is 6.04 Å². The summed E-state index contributed by atoms with van der Waals surface area (Å²) >= 11 is 3.64. The molecule has 0 aliphatic heterocycles. The number of carboxylic acids is 1. The van der Waals surface area contributed by atoms with Gasteiger partial charge in [-0.25, -0.2) is 0 Å². The van der Waals surface area contributed by atoms with Gasteiger partial charge in [0.1, 0.15) is 0 Å². The van der Waals surface area contributed by atoms with Crippen molar-refractivity contribution in [2.24, 2.45) is 11.7 Å². The Morgan fingerprint density at radius 1 is 1.25 bits per heavy atom. The van der Waals surface area contributed by atoms with Crippen LogP contribution >= 0.6 is 11.9 Å². The van der Waals surface area contributed by atoms with Crippen LogP contribution < -0.4 is 5.73 Å². The molecule has 1 aliphatic rings. The lowest BCUT2D eigenvalue weighted by Crippen LogP contribution is -2.29. The Hall–Kier alpha value is -0.320. The zero-order valence-corrected chi connectivity index (χ0v) is 7.50. The van der Waals surface area contributed by atoms with Crippen molar-refractivity contribution in [1.82, 2.24) is 0 Å². The van der Waals surface area contributed by atoms with Gasteiger partial charge in [0.25, 0.3) is 0 Å². The molecule has 1 fully saturated rings. The molecule has 5 heteroatoms. The number of nitrogens with two attached hydrogens (primary N) is 1. The number of aliphatic carboxylic acids is 1. The standard InChI is InChI=1S/C7H13NO2.ClHO/c8-6-3-1-5(2-4-6)7(9)10;1-2/h5-6H,1-4,8H2,(H,9,10);2H. The van der Waals surface area contributed by atoms with E-state index in [2.05, 4.69) is 11.9 Å². The highest BCUT2D eigenvalue weighted by Gasteiger charge is 2.23. The highest BCUT2D eigenvalue weighted by molar-refractivity contribution is 6.04. The predicted molar refractivity (Wildman–Crippen MR) is 45.6 cm³/mol. The van der Waals surface area contributed by atoms with Crippen molar-refractivity contribution in [3.05, 3.63) is 0 Å². The van der Waals surface area contributed by atoms with E-state index >= 15 is 0 Å². The lowest BCUT2D eigenvalue weighted by molar-refractivity contribution is -0.142. The lowest BCUT2D eigenvalue weighted by Gasteiger charge is -2.22. The summed E-state index contributed by atoms with van der Waals surface area (Å²) in [7, 11) is 0. The molecule has 1 rings (SSSR count). The normalized spacial score (nSPS) is 28.6. The topological polar surface area (TPSA) is 83.6 Å². The highest BCUT2D eigenvalue weighted by Crippen LogP contribution is 2.22. The van der Waals surface area contributed by atoms with Gasteiger partial charge in [-0.05, 0) is 25.7 Å². The van der Waals surface area contributed by atoms with Crippen LogP contribution in [0.1, 0.15) is 25.7 Å². The lowest BCUT2D eigenvalue weighted by atomic mass is 9.87. The summed E-state index contributed by atoms with van der Waals surface area (Å²) in [5.41, 5.74) is 5.60. The quantitative estimate of drug-likeness (QED) is 0.576. The van der Waals surface area contributed by atoms with Crippen molar-refractivity contribution in [2.45, 2.75) is 31.7 Å². The zero-order chi connectivity index (χ0) is 9.56. The number of carbonyl (C=O) groups is 1. The molecule has 1 aliphatic carbocycles. The minimum absolute atomic E-state index is 0.125. The van der Waals surface area contributed by atoms with Crippen molar-refractivity contribution >= 4 is 17.8 Å². The van der Waals surface area contributed by atoms with E-state index in [1.54, 1.807) is 0 Å². The molecule has 0 aromatic carbocycles. The highest BCUT2D eigenvalue weighted by atomic mass is 35.5. The zero-order valence-electron chi connectivity index (χ0n) is 6.74. The van der Waals surface area contributed by atoms with E-state index in [4.69, 9.17) is 15.5 Å².